The lowest BCUT2D eigenvalue weighted by atomic mass is 10.00. The number of rotatable bonds is 5. The van der Waals surface area contributed by atoms with Gasteiger partial charge in [-0.3, -0.25) is 9.78 Å². The number of pyridine rings is 1. The number of carbonyl (C=O) groups is 1. The number of benzene rings is 1. The fraction of sp³-hybridized carbons (Fsp3) is 0.368. The van der Waals surface area contributed by atoms with Crippen LogP contribution in [0.5, 0.6) is 5.75 Å². The van der Waals surface area contributed by atoms with Crippen LogP contribution in [0.3, 0.4) is 0 Å². The summed E-state index contributed by atoms with van der Waals surface area (Å²) >= 11 is 0. The Hall–Kier alpha value is -2.36. The average molecular weight is 310 g/mol. The molecule has 4 nitrogen and oxygen atoms in total. The van der Waals surface area contributed by atoms with Gasteiger partial charge >= 0.3 is 0 Å². The molecule has 0 radical (unpaired) electrons. The summed E-state index contributed by atoms with van der Waals surface area (Å²) in [6, 6.07) is 9.66. The number of fused-ring (bicyclic) bond motifs is 1. The van der Waals surface area contributed by atoms with Crippen LogP contribution in [0.1, 0.15) is 42.1 Å². The van der Waals surface area contributed by atoms with Crippen LogP contribution in [-0.4, -0.2) is 24.0 Å². The lowest BCUT2D eigenvalue weighted by Crippen LogP contribution is -2.36. The number of carbonyl (C=O) groups excluding carboxylic acids is 1. The minimum absolute atomic E-state index is 0.00871. The number of ether oxygens (including phenoxy) is 1. The van der Waals surface area contributed by atoms with Crippen LogP contribution in [0.25, 0.3) is 0 Å². The predicted molar refractivity (Wildman–Crippen MR) is 91.1 cm³/mol. The Kier molecular flexibility index (Phi) is 4.91. The minimum Gasteiger partial charge on any atom is -0.491 e. The van der Waals surface area contributed by atoms with Gasteiger partial charge in [-0.25, -0.2) is 0 Å². The van der Waals surface area contributed by atoms with Crippen molar-refractivity contribution in [2.75, 3.05) is 18.1 Å². The quantitative estimate of drug-likeness (QED) is 0.788. The number of nitrogens with zero attached hydrogens (tertiary/aromatic N) is 2. The first-order valence-electron chi connectivity index (χ1n) is 8.28. The molecule has 3 rings (SSSR count). The number of hydrogen-bond donors (Lipinski definition) is 0. The summed E-state index contributed by atoms with van der Waals surface area (Å²) < 4.78 is 5.95. The molecule has 0 N–H and O–H groups in total. The van der Waals surface area contributed by atoms with Crippen molar-refractivity contribution in [3.05, 3.63) is 53.9 Å². The molecule has 1 aromatic heterocycles. The van der Waals surface area contributed by atoms with Gasteiger partial charge in [0.25, 0.3) is 5.91 Å². The van der Waals surface area contributed by atoms with Crippen molar-refractivity contribution in [1.29, 1.82) is 0 Å². The smallest absolute Gasteiger partial charge is 0.259 e. The van der Waals surface area contributed by atoms with Gasteiger partial charge in [0, 0.05) is 18.9 Å². The third kappa shape index (κ3) is 3.36. The van der Waals surface area contributed by atoms with Crippen molar-refractivity contribution in [2.24, 2.45) is 0 Å². The first-order valence-corrected chi connectivity index (χ1v) is 8.28. The molecule has 0 saturated heterocycles. The van der Waals surface area contributed by atoms with Crippen molar-refractivity contribution in [3.63, 3.8) is 0 Å². The Bertz CT molecular complexity index is 670. The number of aromatic nitrogens is 1. The van der Waals surface area contributed by atoms with Crippen LogP contribution < -0.4 is 9.64 Å². The van der Waals surface area contributed by atoms with Gasteiger partial charge in [-0.2, -0.15) is 0 Å². The summed E-state index contributed by atoms with van der Waals surface area (Å²) in [4.78, 5) is 18.8. The van der Waals surface area contributed by atoms with E-state index in [2.05, 4.69) is 18.0 Å². The zero-order valence-corrected chi connectivity index (χ0v) is 13.5. The second kappa shape index (κ2) is 7.27. The summed E-state index contributed by atoms with van der Waals surface area (Å²) in [5.74, 6) is 0.804. The van der Waals surface area contributed by atoms with Crippen molar-refractivity contribution in [2.45, 2.75) is 32.6 Å². The molecule has 4 heteroatoms. The summed E-state index contributed by atoms with van der Waals surface area (Å²) in [6.45, 7) is 3.54. The molecule has 2 heterocycles. The maximum Gasteiger partial charge on any atom is 0.259 e. The van der Waals surface area contributed by atoms with Crippen LogP contribution in [0, 0.1) is 0 Å². The van der Waals surface area contributed by atoms with E-state index >= 15 is 0 Å². The van der Waals surface area contributed by atoms with Crippen LogP contribution >= 0.6 is 0 Å². The molecular formula is C19H22N2O2. The average Bonchev–Trinajstić information content (AvgIpc) is 2.61. The van der Waals surface area contributed by atoms with Crippen LogP contribution in [-0.2, 0) is 6.42 Å². The van der Waals surface area contributed by atoms with E-state index in [1.807, 2.05) is 23.1 Å². The lowest BCUT2D eigenvalue weighted by Gasteiger charge is -2.31. The summed E-state index contributed by atoms with van der Waals surface area (Å²) in [5, 5.41) is 0. The van der Waals surface area contributed by atoms with Crippen LogP contribution in [0.2, 0.25) is 0 Å². The van der Waals surface area contributed by atoms with E-state index < -0.39 is 0 Å². The zero-order chi connectivity index (χ0) is 16.1. The van der Waals surface area contributed by atoms with Gasteiger partial charge in [-0.05, 0) is 43.0 Å². The van der Waals surface area contributed by atoms with Gasteiger partial charge in [-0.15, -0.1) is 0 Å². The standard InChI is InChI=1S/C19H22N2O2/c1-2-3-13-23-17-10-4-7-15-9-6-12-21(18(15)17)19(22)16-8-5-11-20-14-16/h4-5,7-8,10-11,14H,2-3,6,9,12-13H2,1H3. The summed E-state index contributed by atoms with van der Waals surface area (Å²) in [5.41, 5.74) is 2.73. The first-order chi connectivity index (χ1) is 11.3. The third-order valence-corrected chi connectivity index (χ3v) is 4.09. The third-order valence-electron chi connectivity index (χ3n) is 4.09. The molecule has 0 atom stereocenters. The Morgan fingerprint density at radius 1 is 1.30 bits per heavy atom. The Labute approximate surface area is 137 Å². The van der Waals surface area contributed by atoms with Crippen LogP contribution in [0.15, 0.2) is 42.7 Å². The van der Waals surface area contributed by atoms with E-state index in [0.29, 0.717) is 12.2 Å². The van der Waals surface area contributed by atoms with E-state index in [0.717, 1.165) is 43.7 Å². The SMILES string of the molecule is CCCCOc1cccc2c1N(C(=O)c1cccnc1)CCC2. The number of unbranched alkanes of at least 4 members (excludes halogenated alkanes) is 1. The van der Waals surface area contributed by atoms with E-state index in [9.17, 15) is 4.79 Å². The zero-order valence-electron chi connectivity index (χ0n) is 13.5. The monoisotopic (exact) mass is 310 g/mol. The summed E-state index contributed by atoms with van der Waals surface area (Å²) in [6.07, 6.45) is 7.36. The number of amides is 1. The molecule has 0 aliphatic carbocycles. The molecule has 1 aromatic carbocycles. The molecule has 0 bridgehead atoms. The van der Waals surface area contributed by atoms with Gasteiger partial charge in [-0.1, -0.05) is 25.5 Å². The first kappa shape index (κ1) is 15.5. The van der Waals surface area contributed by atoms with Gasteiger partial charge < -0.3 is 9.64 Å². The van der Waals surface area contributed by atoms with E-state index in [-0.39, 0.29) is 5.91 Å². The lowest BCUT2D eigenvalue weighted by molar-refractivity contribution is 0.0983. The number of anilines is 1. The molecule has 0 saturated carbocycles. The molecular weight excluding hydrogens is 288 g/mol. The second-order valence-corrected chi connectivity index (χ2v) is 5.77. The highest BCUT2D eigenvalue weighted by atomic mass is 16.5. The second-order valence-electron chi connectivity index (χ2n) is 5.77. The largest absolute Gasteiger partial charge is 0.491 e. The molecule has 1 aliphatic heterocycles. The van der Waals surface area contributed by atoms with Crippen LogP contribution in [0.4, 0.5) is 5.69 Å². The highest BCUT2D eigenvalue weighted by Gasteiger charge is 2.26. The van der Waals surface area contributed by atoms with E-state index in [4.69, 9.17) is 4.74 Å². The predicted octanol–water partition coefficient (Wildman–Crippen LogP) is 3.85. The normalized spacial score (nSPS) is 13.5. The Balaban J connectivity index is 1.92. The molecule has 0 fully saturated rings. The molecule has 23 heavy (non-hydrogen) atoms. The molecule has 0 spiro atoms. The topological polar surface area (TPSA) is 42.4 Å². The maximum atomic E-state index is 12.9. The molecule has 120 valence electrons. The highest BCUT2D eigenvalue weighted by molar-refractivity contribution is 6.07. The summed E-state index contributed by atoms with van der Waals surface area (Å²) in [7, 11) is 0. The fourth-order valence-electron chi connectivity index (χ4n) is 2.91. The fourth-order valence-corrected chi connectivity index (χ4v) is 2.91. The molecule has 1 aliphatic rings. The number of hydrogen-bond acceptors (Lipinski definition) is 3. The van der Waals surface area contributed by atoms with E-state index in [1.54, 1.807) is 18.5 Å². The van der Waals surface area contributed by atoms with E-state index in [1.165, 1.54) is 5.56 Å². The maximum absolute atomic E-state index is 12.9. The van der Waals surface area contributed by atoms with Crippen molar-refractivity contribution < 1.29 is 9.53 Å². The van der Waals surface area contributed by atoms with Crippen molar-refractivity contribution in [1.82, 2.24) is 4.98 Å². The Morgan fingerprint density at radius 2 is 2.22 bits per heavy atom. The van der Waals surface area contributed by atoms with Gasteiger partial charge in [0.2, 0.25) is 0 Å². The van der Waals surface area contributed by atoms with Crippen molar-refractivity contribution >= 4 is 11.6 Å². The van der Waals surface area contributed by atoms with Crippen molar-refractivity contribution in [3.8, 4) is 5.75 Å². The minimum atomic E-state index is -0.00871. The molecule has 0 unspecified atom stereocenters. The number of aryl methyl sites for hydroxylation is 1. The molecule has 2 aromatic rings. The molecule has 1 amide bonds. The van der Waals surface area contributed by atoms with Gasteiger partial charge in [0.1, 0.15) is 5.75 Å². The Morgan fingerprint density at radius 3 is 3.00 bits per heavy atom. The van der Waals surface area contributed by atoms with Gasteiger partial charge in [0.15, 0.2) is 0 Å². The van der Waals surface area contributed by atoms with Gasteiger partial charge in [0.05, 0.1) is 17.9 Å². The highest BCUT2D eigenvalue weighted by Crippen LogP contribution is 2.37. The number of para-hydroxylation sites is 1.